The van der Waals surface area contributed by atoms with E-state index in [1.54, 1.807) is 0 Å². The fourth-order valence-electron chi connectivity index (χ4n) is 2.80. The molecule has 2 nitrogen and oxygen atoms in total. The van der Waals surface area contributed by atoms with Gasteiger partial charge in [-0.15, -0.1) is 0 Å². The second-order valence-corrected chi connectivity index (χ2v) is 6.68. The minimum atomic E-state index is 0.718. The number of rotatable bonds is 5. The maximum atomic E-state index is 5.61. The Hall–Kier alpha value is -1.55. The molecule has 0 aromatic heterocycles. The zero-order valence-corrected chi connectivity index (χ0v) is 13.8. The summed E-state index contributed by atoms with van der Waals surface area (Å²) in [4.78, 5) is 4.98. The Kier molecular flexibility index (Phi) is 4.98. The van der Waals surface area contributed by atoms with Crippen LogP contribution in [0.4, 0.5) is 0 Å². The molecule has 2 aromatic carbocycles. The van der Waals surface area contributed by atoms with Crippen molar-refractivity contribution in [3.8, 4) is 0 Å². The van der Waals surface area contributed by atoms with E-state index in [9.17, 15) is 0 Å². The number of hydrogen-bond donors (Lipinski definition) is 1. The highest BCUT2D eigenvalue weighted by Gasteiger charge is 2.19. The van der Waals surface area contributed by atoms with E-state index in [1.165, 1.54) is 26.5 Å². The fourth-order valence-corrected chi connectivity index (χ4v) is 3.91. The quantitative estimate of drug-likeness (QED) is 0.776. The second-order valence-electron chi connectivity index (χ2n) is 5.59. The van der Waals surface area contributed by atoms with Crippen molar-refractivity contribution in [3.63, 3.8) is 0 Å². The summed E-state index contributed by atoms with van der Waals surface area (Å²) in [5.41, 5.74) is 9.69. The van der Waals surface area contributed by atoms with Gasteiger partial charge in [0.05, 0.1) is 0 Å². The van der Waals surface area contributed by atoms with Gasteiger partial charge in [-0.05, 0) is 42.3 Å². The van der Waals surface area contributed by atoms with E-state index in [2.05, 4.69) is 66.6 Å². The molecule has 114 valence electrons. The molecule has 1 aliphatic rings. The Morgan fingerprint density at radius 1 is 0.955 bits per heavy atom. The van der Waals surface area contributed by atoms with Gasteiger partial charge >= 0.3 is 0 Å². The summed E-state index contributed by atoms with van der Waals surface area (Å²) in [6.45, 7) is 2.71. The summed E-state index contributed by atoms with van der Waals surface area (Å²) in [5.74, 6) is 0. The molecule has 0 saturated carbocycles. The van der Waals surface area contributed by atoms with Gasteiger partial charge in [0.1, 0.15) is 0 Å². The number of nitrogens with two attached hydrogens (primary N) is 1. The SMILES string of the molecule is CN(CCN)CCC=C1c2ccccc2Sc2ccccc21. The highest BCUT2D eigenvalue weighted by molar-refractivity contribution is 7.99. The predicted molar refractivity (Wildman–Crippen MR) is 95.3 cm³/mol. The number of likely N-dealkylation sites (N-methyl/N-ethyl adjacent to an activating group) is 1. The van der Waals surface area contributed by atoms with Crippen molar-refractivity contribution in [1.29, 1.82) is 0 Å². The summed E-state index contributed by atoms with van der Waals surface area (Å²) in [5, 5.41) is 0. The van der Waals surface area contributed by atoms with Gasteiger partial charge in [0.2, 0.25) is 0 Å². The minimum absolute atomic E-state index is 0.718. The number of fused-ring (bicyclic) bond motifs is 2. The normalized spacial score (nSPS) is 13.0. The highest BCUT2D eigenvalue weighted by Crippen LogP contribution is 2.45. The van der Waals surface area contributed by atoms with Gasteiger partial charge in [0.15, 0.2) is 0 Å². The van der Waals surface area contributed by atoms with E-state index in [0.717, 1.165) is 26.1 Å². The zero-order valence-electron chi connectivity index (χ0n) is 13.0. The van der Waals surface area contributed by atoms with Crippen molar-refractivity contribution in [1.82, 2.24) is 4.90 Å². The van der Waals surface area contributed by atoms with Crippen LogP contribution in [0.2, 0.25) is 0 Å². The molecule has 0 radical (unpaired) electrons. The Labute approximate surface area is 137 Å². The molecule has 2 aromatic rings. The summed E-state index contributed by atoms with van der Waals surface area (Å²) in [6.07, 6.45) is 3.42. The van der Waals surface area contributed by atoms with Gasteiger partial charge < -0.3 is 10.6 Å². The van der Waals surface area contributed by atoms with Crippen LogP contribution in [-0.2, 0) is 0 Å². The molecule has 0 bridgehead atoms. The largest absolute Gasteiger partial charge is 0.329 e. The molecule has 1 heterocycles. The van der Waals surface area contributed by atoms with E-state index in [-0.39, 0.29) is 0 Å². The van der Waals surface area contributed by atoms with Gasteiger partial charge in [-0.2, -0.15) is 0 Å². The molecule has 2 N–H and O–H groups in total. The van der Waals surface area contributed by atoms with Gasteiger partial charge in [0.25, 0.3) is 0 Å². The Morgan fingerprint density at radius 2 is 1.55 bits per heavy atom. The molecule has 22 heavy (non-hydrogen) atoms. The summed E-state index contributed by atoms with van der Waals surface area (Å²) in [7, 11) is 2.13. The first-order valence-corrected chi connectivity index (χ1v) is 8.56. The van der Waals surface area contributed by atoms with Gasteiger partial charge in [-0.25, -0.2) is 0 Å². The molecule has 0 unspecified atom stereocenters. The first-order valence-electron chi connectivity index (χ1n) is 7.75. The molecule has 0 fully saturated rings. The van der Waals surface area contributed by atoms with E-state index in [4.69, 9.17) is 5.73 Å². The summed E-state index contributed by atoms with van der Waals surface area (Å²) < 4.78 is 0. The van der Waals surface area contributed by atoms with Crippen molar-refractivity contribution in [2.45, 2.75) is 16.2 Å². The van der Waals surface area contributed by atoms with Crippen LogP contribution in [0, 0.1) is 0 Å². The fraction of sp³-hybridized carbons (Fsp3) is 0.263. The van der Waals surface area contributed by atoms with Crippen molar-refractivity contribution < 1.29 is 0 Å². The lowest BCUT2D eigenvalue weighted by molar-refractivity contribution is 0.350. The van der Waals surface area contributed by atoms with E-state index in [1.807, 2.05) is 11.8 Å². The lowest BCUT2D eigenvalue weighted by Gasteiger charge is -2.22. The van der Waals surface area contributed by atoms with E-state index in [0.29, 0.717) is 0 Å². The summed E-state index contributed by atoms with van der Waals surface area (Å²) in [6, 6.07) is 17.4. The van der Waals surface area contributed by atoms with Crippen molar-refractivity contribution >= 4 is 17.3 Å². The van der Waals surface area contributed by atoms with E-state index >= 15 is 0 Å². The molecule has 0 atom stereocenters. The highest BCUT2D eigenvalue weighted by atomic mass is 32.2. The molecule has 0 amide bonds. The number of hydrogen-bond acceptors (Lipinski definition) is 3. The Morgan fingerprint density at radius 3 is 2.14 bits per heavy atom. The van der Waals surface area contributed by atoms with Crippen LogP contribution in [0.5, 0.6) is 0 Å². The van der Waals surface area contributed by atoms with Crippen LogP contribution < -0.4 is 5.73 Å². The maximum absolute atomic E-state index is 5.61. The maximum Gasteiger partial charge on any atom is 0.0201 e. The van der Waals surface area contributed by atoms with Gasteiger partial charge in [-0.1, -0.05) is 54.2 Å². The molecule has 3 rings (SSSR count). The van der Waals surface area contributed by atoms with Crippen LogP contribution in [0.15, 0.2) is 64.4 Å². The van der Waals surface area contributed by atoms with Crippen LogP contribution >= 0.6 is 11.8 Å². The van der Waals surface area contributed by atoms with Crippen molar-refractivity contribution in [2.75, 3.05) is 26.7 Å². The minimum Gasteiger partial charge on any atom is -0.329 e. The van der Waals surface area contributed by atoms with Crippen LogP contribution in [0.1, 0.15) is 17.5 Å². The first-order chi connectivity index (χ1) is 10.8. The zero-order chi connectivity index (χ0) is 15.4. The van der Waals surface area contributed by atoms with Crippen LogP contribution in [-0.4, -0.2) is 31.6 Å². The molecular weight excluding hydrogens is 288 g/mol. The van der Waals surface area contributed by atoms with E-state index < -0.39 is 0 Å². The summed E-state index contributed by atoms with van der Waals surface area (Å²) >= 11 is 1.87. The van der Waals surface area contributed by atoms with Gasteiger partial charge in [-0.3, -0.25) is 0 Å². The third-order valence-corrected chi connectivity index (χ3v) is 5.10. The topological polar surface area (TPSA) is 29.3 Å². The number of nitrogens with zero attached hydrogens (tertiary/aromatic N) is 1. The van der Waals surface area contributed by atoms with Crippen molar-refractivity contribution in [2.24, 2.45) is 5.73 Å². The Bertz CT molecular complexity index is 631. The van der Waals surface area contributed by atoms with Crippen LogP contribution in [0.25, 0.3) is 5.57 Å². The number of benzene rings is 2. The Balaban J connectivity index is 1.89. The standard InChI is InChI=1S/C19H22N2S/c1-21(14-12-20)13-6-9-15-16-7-2-4-10-18(16)22-19-11-5-3-8-17(15)19/h2-5,7-11H,6,12-14,20H2,1H3. The smallest absolute Gasteiger partial charge is 0.0201 e. The third-order valence-electron chi connectivity index (χ3n) is 3.94. The molecule has 0 spiro atoms. The van der Waals surface area contributed by atoms with Crippen molar-refractivity contribution in [3.05, 3.63) is 65.7 Å². The molecule has 0 aliphatic carbocycles. The molecule has 3 heteroatoms. The average Bonchev–Trinajstić information content (AvgIpc) is 2.54. The van der Waals surface area contributed by atoms with Crippen LogP contribution in [0.3, 0.4) is 0 Å². The monoisotopic (exact) mass is 310 g/mol. The molecule has 1 aliphatic heterocycles. The second kappa shape index (κ2) is 7.14. The first kappa shape index (κ1) is 15.3. The lowest BCUT2D eigenvalue weighted by atomic mass is 9.96. The lowest BCUT2D eigenvalue weighted by Crippen LogP contribution is -2.26. The van der Waals surface area contributed by atoms with Gasteiger partial charge in [0, 0.05) is 29.4 Å². The third kappa shape index (κ3) is 3.27. The molecular formula is C19H22N2S. The molecule has 0 saturated heterocycles. The predicted octanol–water partition coefficient (Wildman–Crippen LogP) is 3.86. The average molecular weight is 310 g/mol.